The van der Waals surface area contributed by atoms with Gasteiger partial charge < -0.3 is 10.0 Å². The molecule has 2 aromatic rings. The highest BCUT2D eigenvalue weighted by Gasteiger charge is 2.40. The Hall–Kier alpha value is -2.34. The SMILES string of the molecule is Cc1c(C(=O)N2CCCC(C)(C(=O)O)C2)cnn1-c1cccc(Cl)c1. The summed E-state index contributed by atoms with van der Waals surface area (Å²) in [5.74, 6) is -1.05. The number of hydrogen-bond acceptors (Lipinski definition) is 3. The van der Waals surface area contributed by atoms with Gasteiger partial charge in [0.15, 0.2) is 0 Å². The molecule has 25 heavy (non-hydrogen) atoms. The van der Waals surface area contributed by atoms with Crippen LogP contribution in [0.3, 0.4) is 0 Å². The Morgan fingerprint density at radius 2 is 2.12 bits per heavy atom. The van der Waals surface area contributed by atoms with E-state index in [0.29, 0.717) is 35.7 Å². The molecule has 0 aliphatic carbocycles. The van der Waals surface area contributed by atoms with Crippen molar-refractivity contribution in [1.29, 1.82) is 0 Å². The molecule has 1 aliphatic heterocycles. The summed E-state index contributed by atoms with van der Waals surface area (Å²) in [4.78, 5) is 26.0. The van der Waals surface area contributed by atoms with Crippen LogP contribution in [0.5, 0.6) is 0 Å². The van der Waals surface area contributed by atoms with Gasteiger partial charge in [0, 0.05) is 18.1 Å². The topological polar surface area (TPSA) is 75.4 Å². The summed E-state index contributed by atoms with van der Waals surface area (Å²) in [5.41, 5.74) is 1.06. The highest BCUT2D eigenvalue weighted by Crippen LogP contribution is 2.31. The second-order valence-electron chi connectivity index (χ2n) is 6.73. The number of carboxylic acids is 1. The molecule has 0 spiro atoms. The fourth-order valence-corrected chi connectivity index (χ4v) is 3.43. The molecule has 6 nitrogen and oxygen atoms in total. The number of carboxylic acid groups (broad SMARTS) is 1. The number of nitrogens with zero attached hydrogens (tertiary/aromatic N) is 3. The maximum atomic E-state index is 12.9. The van der Waals surface area contributed by atoms with Gasteiger partial charge in [0.05, 0.1) is 28.6 Å². The van der Waals surface area contributed by atoms with Gasteiger partial charge in [0.25, 0.3) is 5.91 Å². The Morgan fingerprint density at radius 1 is 1.36 bits per heavy atom. The van der Waals surface area contributed by atoms with Gasteiger partial charge in [0.1, 0.15) is 0 Å². The molecule has 1 amide bonds. The van der Waals surface area contributed by atoms with Crippen LogP contribution in [-0.2, 0) is 4.79 Å². The van der Waals surface area contributed by atoms with Gasteiger partial charge in [-0.1, -0.05) is 17.7 Å². The largest absolute Gasteiger partial charge is 0.481 e. The number of benzene rings is 1. The van der Waals surface area contributed by atoms with Crippen molar-refractivity contribution in [3.05, 3.63) is 46.7 Å². The van der Waals surface area contributed by atoms with Gasteiger partial charge in [-0.2, -0.15) is 5.10 Å². The monoisotopic (exact) mass is 361 g/mol. The molecule has 7 heteroatoms. The number of aliphatic carboxylic acids is 1. The summed E-state index contributed by atoms with van der Waals surface area (Å²) in [7, 11) is 0. The average Bonchev–Trinajstić information content (AvgIpc) is 2.95. The summed E-state index contributed by atoms with van der Waals surface area (Å²) < 4.78 is 1.67. The fourth-order valence-electron chi connectivity index (χ4n) is 3.25. The van der Waals surface area contributed by atoms with Crippen molar-refractivity contribution in [2.24, 2.45) is 5.41 Å². The summed E-state index contributed by atoms with van der Waals surface area (Å²) in [6, 6.07) is 7.24. The van der Waals surface area contributed by atoms with E-state index in [1.165, 1.54) is 6.20 Å². The third-order valence-electron chi connectivity index (χ3n) is 4.79. The lowest BCUT2D eigenvalue weighted by Crippen LogP contribution is -2.48. The normalized spacial score (nSPS) is 20.5. The Morgan fingerprint density at radius 3 is 2.80 bits per heavy atom. The average molecular weight is 362 g/mol. The lowest BCUT2D eigenvalue weighted by molar-refractivity contribution is -0.150. The molecule has 1 unspecified atom stereocenters. The maximum Gasteiger partial charge on any atom is 0.311 e. The Kier molecular flexibility index (Phi) is 4.56. The Bertz CT molecular complexity index is 833. The van der Waals surface area contributed by atoms with Crippen molar-refractivity contribution in [2.75, 3.05) is 13.1 Å². The van der Waals surface area contributed by atoms with Crippen molar-refractivity contribution in [1.82, 2.24) is 14.7 Å². The van der Waals surface area contributed by atoms with Gasteiger partial charge in [-0.15, -0.1) is 0 Å². The lowest BCUT2D eigenvalue weighted by Gasteiger charge is -2.37. The van der Waals surface area contributed by atoms with Crippen molar-refractivity contribution in [2.45, 2.75) is 26.7 Å². The zero-order valence-corrected chi connectivity index (χ0v) is 15.0. The van der Waals surface area contributed by atoms with Gasteiger partial charge in [-0.3, -0.25) is 9.59 Å². The molecule has 0 radical (unpaired) electrons. The van der Waals surface area contributed by atoms with E-state index in [-0.39, 0.29) is 12.5 Å². The van der Waals surface area contributed by atoms with E-state index >= 15 is 0 Å². The molecule has 0 bridgehead atoms. The fraction of sp³-hybridized carbons (Fsp3) is 0.389. The molecular formula is C18H20ClN3O3. The van der Waals surface area contributed by atoms with Gasteiger partial charge in [0.2, 0.25) is 0 Å². The molecule has 1 fully saturated rings. The number of halogens is 1. The second kappa shape index (κ2) is 6.52. The summed E-state index contributed by atoms with van der Waals surface area (Å²) in [6.45, 7) is 4.28. The number of rotatable bonds is 3. The number of amides is 1. The molecule has 0 saturated carbocycles. The molecule has 1 aliphatic rings. The number of likely N-dealkylation sites (tertiary alicyclic amines) is 1. The minimum atomic E-state index is -0.898. The van der Waals surface area contributed by atoms with E-state index in [1.807, 2.05) is 19.1 Å². The Balaban J connectivity index is 1.87. The minimum absolute atomic E-state index is 0.182. The van der Waals surface area contributed by atoms with Crippen LogP contribution in [0.1, 0.15) is 35.8 Å². The van der Waals surface area contributed by atoms with Crippen molar-refractivity contribution in [3.8, 4) is 5.69 Å². The number of carbonyl (C=O) groups excluding carboxylic acids is 1. The van der Waals surface area contributed by atoms with Crippen LogP contribution in [0.15, 0.2) is 30.5 Å². The zero-order valence-electron chi connectivity index (χ0n) is 14.2. The number of carbonyl (C=O) groups is 2. The predicted octanol–water partition coefficient (Wildman–Crippen LogP) is 3.16. The van der Waals surface area contributed by atoms with Gasteiger partial charge >= 0.3 is 5.97 Å². The first-order chi connectivity index (χ1) is 11.8. The van der Waals surface area contributed by atoms with Crippen molar-refractivity contribution < 1.29 is 14.7 Å². The zero-order chi connectivity index (χ0) is 18.2. The molecule has 2 heterocycles. The molecule has 1 aromatic heterocycles. The summed E-state index contributed by atoms with van der Waals surface area (Å²) >= 11 is 6.03. The smallest absolute Gasteiger partial charge is 0.311 e. The van der Waals surface area contributed by atoms with E-state index in [4.69, 9.17) is 11.6 Å². The van der Waals surface area contributed by atoms with E-state index in [9.17, 15) is 14.7 Å². The molecule has 1 atom stereocenters. The van der Waals surface area contributed by atoms with Gasteiger partial charge in [-0.25, -0.2) is 4.68 Å². The lowest BCUT2D eigenvalue weighted by atomic mass is 9.82. The van der Waals surface area contributed by atoms with Crippen LogP contribution in [0.2, 0.25) is 5.02 Å². The van der Waals surface area contributed by atoms with Crippen LogP contribution in [0, 0.1) is 12.3 Å². The first kappa shape index (κ1) is 17.5. The standard InChI is InChI=1S/C18H20ClN3O3/c1-12-15(10-20-22(12)14-6-3-5-13(19)9-14)16(23)21-8-4-7-18(2,11-21)17(24)25/h3,5-6,9-10H,4,7-8,11H2,1-2H3,(H,24,25). The number of aromatic nitrogens is 2. The summed E-state index contributed by atoms with van der Waals surface area (Å²) in [6.07, 6.45) is 2.79. The highest BCUT2D eigenvalue weighted by atomic mass is 35.5. The van der Waals surface area contributed by atoms with Crippen molar-refractivity contribution >= 4 is 23.5 Å². The molecular weight excluding hydrogens is 342 g/mol. The summed E-state index contributed by atoms with van der Waals surface area (Å²) in [5, 5.41) is 14.3. The molecule has 1 aromatic carbocycles. The third kappa shape index (κ3) is 3.26. The predicted molar refractivity (Wildman–Crippen MR) is 94.2 cm³/mol. The van der Waals surface area contributed by atoms with Gasteiger partial charge in [-0.05, 0) is 44.9 Å². The number of piperidine rings is 1. The van der Waals surface area contributed by atoms with Crippen LogP contribution >= 0.6 is 11.6 Å². The van der Waals surface area contributed by atoms with Crippen LogP contribution in [0.4, 0.5) is 0 Å². The molecule has 1 N–H and O–H groups in total. The molecule has 132 valence electrons. The Labute approximate surface area is 151 Å². The highest BCUT2D eigenvalue weighted by molar-refractivity contribution is 6.30. The van der Waals surface area contributed by atoms with E-state index in [1.54, 1.807) is 28.6 Å². The van der Waals surface area contributed by atoms with Crippen molar-refractivity contribution in [3.63, 3.8) is 0 Å². The second-order valence-corrected chi connectivity index (χ2v) is 7.17. The van der Waals surface area contributed by atoms with E-state index in [0.717, 1.165) is 5.69 Å². The van der Waals surface area contributed by atoms with E-state index < -0.39 is 11.4 Å². The first-order valence-electron chi connectivity index (χ1n) is 8.15. The third-order valence-corrected chi connectivity index (χ3v) is 5.03. The van der Waals surface area contributed by atoms with E-state index in [2.05, 4.69) is 5.10 Å². The quantitative estimate of drug-likeness (QED) is 0.911. The molecule has 3 rings (SSSR count). The van der Waals surface area contributed by atoms with Crippen LogP contribution in [0.25, 0.3) is 5.69 Å². The van der Waals surface area contributed by atoms with Crippen LogP contribution in [-0.4, -0.2) is 44.8 Å². The maximum absolute atomic E-state index is 12.9. The minimum Gasteiger partial charge on any atom is -0.481 e. The molecule has 1 saturated heterocycles. The van der Waals surface area contributed by atoms with Crippen LogP contribution < -0.4 is 0 Å². The number of hydrogen-bond donors (Lipinski definition) is 1. The first-order valence-corrected chi connectivity index (χ1v) is 8.53.